The lowest BCUT2D eigenvalue weighted by atomic mass is 9.44. The Kier molecular flexibility index (Phi) is 9.11. The molecule has 1 aliphatic heterocycles. The number of fused-ring (bicyclic) bond motifs is 5. The summed E-state index contributed by atoms with van der Waals surface area (Å²) in [5.41, 5.74) is 5.80. The second kappa shape index (κ2) is 12.6. The minimum Gasteiger partial charge on any atom is -0.399 e. The van der Waals surface area contributed by atoms with Gasteiger partial charge in [0, 0.05) is 0 Å². The van der Waals surface area contributed by atoms with E-state index in [0.29, 0.717) is 10.8 Å². The van der Waals surface area contributed by atoms with Crippen LogP contribution in [0.4, 0.5) is 0 Å². The largest absolute Gasteiger partial charge is 0.494 e. The van der Waals surface area contributed by atoms with Gasteiger partial charge >= 0.3 is 7.12 Å². The van der Waals surface area contributed by atoms with Crippen LogP contribution in [-0.4, -0.2) is 18.3 Å². The van der Waals surface area contributed by atoms with E-state index in [9.17, 15) is 0 Å². The summed E-state index contributed by atoms with van der Waals surface area (Å²) in [4.78, 5) is 0. The van der Waals surface area contributed by atoms with Gasteiger partial charge in [-0.25, -0.2) is 0 Å². The molecule has 0 radical (unpaired) electrons. The van der Waals surface area contributed by atoms with Crippen LogP contribution in [0.2, 0.25) is 0 Å². The van der Waals surface area contributed by atoms with Crippen LogP contribution in [0.3, 0.4) is 0 Å². The topological polar surface area (TPSA) is 18.5 Å². The first-order valence-corrected chi connectivity index (χ1v) is 19.9. The van der Waals surface area contributed by atoms with E-state index in [1.54, 1.807) is 5.56 Å². The molecule has 0 bridgehead atoms. The molecule has 0 spiro atoms. The van der Waals surface area contributed by atoms with Crippen molar-refractivity contribution in [2.45, 2.75) is 156 Å². The molecule has 5 fully saturated rings. The summed E-state index contributed by atoms with van der Waals surface area (Å²) in [5, 5.41) is 0. The van der Waals surface area contributed by atoms with Crippen LogP contribution in [0, 0.1) is 46.3 Å². The SMILES string of the molecule is CC(C)CCCCC1CC[C@H]2[C@@H]3CC[C@H]4CC(c5ccc(-c6ccc(B7OC(C)(C)C(C)(C)O7)cc6)cc5)CCC4(C)[C@H]3CC[C@]12C. The van der Waals surface area contributed by atoms with Gasteiger partial charge in [0.1, 0.15) is 0 Å². The Bertz CT molecular complexity index is 1360. The molecule has 7 rings (SSSR count). The molecule has 1 saturated heterocycles. The first kappa shape index (κ1) is 33.9. The van der Waals surface area contributed by atoms with E-state index in [2.05, 4.69) is 104 Å². The van der Waals surface area contributed by atoms with Gasteiger partial charge in [-0.05, 0) is 166 Å². The van der Waals surface area contributed by atoms with Gasteiger partial charge in [0.2, 0.25) is 0 Å². The number of rotatable bonds is 8. The zero-order valence-corrected chi connectivity index (χ0v) is 31.2. The molecule has 1 heterocycles. The molecule has 3 heteroatoms. The summed E-state index contributed by atoms with van der Waals surface area (Å²) in [5.74, 6) is 6.47. The number of unbranched alkanes of at least 4 members (excludes halogenated alkanes) is 1. The van der Waals surface area contributed by atoms with Crippen molar-refractivity contribution < 1.29 is 9.31 Å². The molecule has 256 valence electrons. The standard InChI is InChI=1S/C44H65BO2/c1-30(2)11-9-10-12-35-20-24-39-38-23-19-36-29-34(25-27-44(36,8)40(38)26-28-43(35,39)7)33-15-13-31(14-16-33)32-17-21-37(22-18-32)45-46-41(3,4)42(5,6)47-45/h13-18,21-22,30,34-36,38-40H,9-12,19-20,23-29H2,1-8H3/t34?,35?,36-,38-,39-,40-,43+,44?/m0/s1. The van der Waals surface area contributed by atoms with Gasteiger partial charge in [-0.15, -0.1) is 0 Å². The maximum absolute atomic E-state index is 6.28. The van der Waals surface area contributed by atoms with Gasteiger partial charge in [0.25, 0.3) is 0 Å². The smallest absolute Gasteiger partial charge is 0.399 e. The van der Waals surface area contributed by atoms with Gasteiger partial charge in [0.05, 0.1) is 11.2 Å². The normalized spacial score (nSPS) is 37.4. The minimum absolute atomic E-state index is 0.305. The zero-order chi connectivity index (χ0) is 33.2. The summed E-state index contributed by atoms with van der Waals surface area (Å²) in [6.45, 7) is 18.7. The Labute approximate surface area is 288 Å². The van der Waals surface area contributed by atoms with E-state index >= 15 is 0 Å². The summed E-state index contributed by atoms with van der Waals surface area (Å²) in [6, 6.07) is 18.4. The van der Waals surface area contributed by atoms with Gasteiger partial charge in [0.15, 0.2) is 0 Å². The average molecular weight is 637 g/mol. The van der Waals surface area contributed by atoms with Crippen molar-refractivity contribution >= 4 is 12.6 Å². The van der Waals surface area contributed by atoms with Gasteiger partial charge in [-0.2, -0.15) is 0 Å². The van der Waals surface area contributed by atoms with Gasteiger partial charge in [-0.3, -0.25) is 0 Å². The minimum atomic E-state index is -0.314. The highest BCUT2D eigenvalue weighted by molar-refractivity contribution is 6.62. The van der Waals surface area contributed by atoms with Crippen LogP contribution in [0.15, 0.2) is 48.5 Å². The van der Waals surface area contributed by atoms with E-state index in [1.165, 1.54) is 94.6 Å². The second-order valence-corrected chi connectivity index (χ2v) is 19.0. The lowest BCUT2D eigenvalue weighted by Gasteiger charge is -2.61. The molecule has 47 heavy (non-hydrogen) atoms. The fourth-order valence-corrected chi connectivity index (χ4v) is 11.8. The lowest BCUT2D eigenvalue weighted by molar-refractivity contribution is -0.114. The maximum Gasteiger partial charge on any atom is 0.494 e. The Balaban J connectivity index is 0.967. The van der Waals surface area contributed by atoms with E-state index in [4.69, 9.17) is 9.31 Å². The zero-order valence-electron chi connectivity index (χ0n) is 31.2. The highest BCUT2D eigenvalue weighted by Gasteiger charge is 2.60. The summed E-state index contributed by atoms with van der Waals surface area (Å²) in [6.07, 6.45) is 19.1. The van der Waals surface area contributed by atoms with Crippen molar-refractivity contribution in [3.05, 3.63) is 54.1 Å². The van der Waals surface area contributed by atoms with E-state index < -0.39 is 0 Å². The van der Waals surface area contributed by atoms with Crippen LogP contribution in [0.25, 0.3) is 11.1 Å². The molecule has 2 aromatic carbocycles. The summed E-state index contributed by atoms with van der Waals surface area (Å²) in [7, 11) is -0.305. The number of hydrogen-bond acceptors (Lipinski definition) is 2. The Hall–Kier alpha value is -1.58. The number of hydrogen-bond donors (Lipinski definition) is 0. The first-order valence-electron chi connectivity index (χ1n) is 19.9. The van der Waals surface area contributed by atoms with Crippen molar-refractivity contribution in [3.63, 3.8) is 0 Å². The number of benzene rings is 2. The van der Waals surface area contributed by atoms with E-state index in [0.717, 1.165) is 46.9 Å². The van der Waals surface area contributed by atoms with Crippen molar-refractivity contribution in [2.24, 2.45) is 46.3 Å². The highest BCUT2D eigenvalue weighted by atomic mass is 16.7. The molecule has 4 aliphatic carbocycles. The quantitative estimate of drug-likeness (QED) is 0.212. The molecule has 2 nitrogen and oxygen atoms in total. The third kappa shape index (κ3) is 6.11. The molecular formula is C44H65BO2. The van der Waals surface area contributed by atoms with Gasteiger partial charge < -0.3 is 9.31 Å². The summed E-state index contributed by atoms with van der Waals surface area (Å²) >= 11 is 0. The molecule has 5 aliphatic rings. The van der Waals surface area contributed by atoms with Crippen molar-refractivity contribution in [1.82, 2.24) is 0 Å². The molecule has 2 aromatic rings. The fraction of sp³-hybridized carbons (Fsp3) is 0.727. The highest BCUT2D eigenvalue weighted by Crippen LogP contribution is 2.68. The lowest BCUT2D eigenvalue weighted by Crippen LogP contribution is -2.53. The van der Waals surface area contributed by atoms with E-state index in [1.807, 2.05) is 0 Å². The molecule has 0 N–H and O–H groups in total. The predicted octanol–water partition coefficient (Wildman–Crippen LogP) is 11.6. The molecular weight excluding hydrogens is 571 g/mol. The molecule has 3 unspecified atom stereocenters. The van der Waals surface area contributed by atoms with Crippen LogP contribution in [0.5, 0.6) is 0 Å². The average Bonchev–Trinajstić information content (AvgIpc) is 3.49. The Morgan fingerprint density at radius 1 is 0.681 bits per heavy atom. The van der Waals surface area contributed by atoms with Crippen molar-refractivity contribution in [3.8, 4) is 11.1 Å². The maximum atomic E-state index is 6.28. The predicted molar refractivity (Wildman–Crippen MR) is 199 cm³/mol. The van der Waals surface area contributed by atoms with Crippen molar-refractivity contribution in [1.29, 1.82) is 0 Å². The monoisotopic (exact) mass is 637 g/mol. The molecule has 8 atom stereocenters. The van der Waals surface area contributed by atoms with Gasteiger partial charge in [-0.1, -0.05) is 95.5 Å². The Morgan fingerprint density at radius 2 is 1.30 bits per heavy atom. The molecule has 4 saturated carbocycles. The van der Waals surface area contributed by atoms with Crippen molar-refractivity contribution in [2.75, 3.05) is 0 Å². The fourth-order valence-electron chi connectivity index (χ4n) is 11.8. The van der Waals surface area contributed by atoms with E-state index in [-0.39, 0.29) is 18.3 Å². The summed E-state index contributed by atoms with van der Waals surface area (Å²) < 4.78 is 12.6. The third-order valence-corrected chi connectivity index (χ3v) is 15.6. The molecule has 0 amide bonds. The van der Waals surface area contributed by atoms with Crippen LogP contribution < -0.4 is 5.46 Å². The third-order valence-electron chi connectivity index (χ3n) is 15.6. The second-order valence-electron chi connectivity index (χ2n) is 19.0. The van der Waals surface area contributed by atoms with Crippen LogP contribution >= 0.6 is 0 Å². The first-order chi connectivity index (χ1) is 22.3. The molecule has 0 aromatic heterocycles. The van der Waals surface area contributed by atoms with Crippen LogP contribution in [0.1, 0.15) is 150 Å². The van der Waals surface area contributed by atoms with Crippen LogP contribution in [-0.2, 0) is 9.31 Å². The Morgan fingerprint density at radius 3 is 1.96 bits per heavy atom.